The van der Waals surface area contributed by atoms with Crippen LogP contribution in [-0.4, -0.2) is 28.7 Å². The van der Waals surface area contributed by atoms with Gasteiger partial charge in [0.2, 0.25) is 0 Å². The van der Waals surface area contributed by atoms with E-state index in [9.17, 15) is 9.59 Å². The van der Waals surface area contributed by atoms with Crippen molar-refractivity contribution in [2.45, 2.75) is 0 Å². The fourth-order valence-electron chi connectivity index (χ4n) is 1.89. The number of nitrogens with one attached hydrogen (secondary N) is 2. The molecule has 6 nitrogen and oxygen atoms in total. The first kappa shape index (κ1) is 19.4. The molecule has 0 aliphatic carbocycles. The van der Waals surface area contributed by atoms with E-state index in [1.807, 2.05) is 0 Å². The maximum Gasteiger partial charge on any atom is 0.328 e. The largest absolute Gasteiger partial charge is 0.484 e. The smallest absolute Gasteiger partial charge is 0.328 e. The summed E-state index contributed by atoms with van der Waals surface area (Å²) in [4.78, 5) is 22.4. The second kappa shape index (κ2) is 9.55. The molecule has 0 spiro atoms. The van der Waals surface area contributed by atoms with Gasteiger partial charge in [-0.05, 0) is 60.3 Å². The summed E-state index contributed by atoms with van der Waals surface area (Å²) in [7, 11) is 0. The SMILES string of the molecule is O=C(O)/C=C/c1cccc(NC(=S)NC(=O)COc2ccc(Cl)cc2)c1. The van der Waals surface area contributed by atoms with Crippen molar-refractivity contribution in [3.05, 3.63) is 65.2 Å². The number of ether oxygens (including phenoxy) is 1. The monoisotopic (exact) mass is 390 g/mol. The summed E-state index contributed by atoms with van der Waals surface area (Å²) in [5, 5.41) is 14.7. The highest BCUT2D eigenvalue weighted by atomic mass is 35.5. The first-order valence-electron chi connectivity index (χ1n) is 7.42. The Morgan fingerprint density at radius 2 is 1.92 bits per heavy atom. The molecule has 2 rings (SSSR count). The summed E-state index contributed by atoms with van der Waals surface area (Å²) in [6.45, 7) is -0.204. The number of anilines is 1. The Kier molecular flexibility index (Phi) is 7.13. The Bertz CT molecular complexity index is 837. The normalized spacial score (nSPS) is 10.3. The molecule has 134 valence electrons. The fourth-order valence-corrected chi connectivity index (χ4v) is 2.25. The van der Waals surface area contributed by atoms with E-state index in [0.717, 1.165) is 6.08 Å². The van der Waals surface area contributed by atoms with Crippen LogP contribution in [0.2, 0.25) is 5.02 Å². The maximum atomic E-state index is 11.9. The van der Waals surface area contributed by atoms with Gasteiger partial charge in [0, 0.05) is 16.8 Å². The summed E-state index contributed by atoms with van der Waals surface area (Å²) in [6, 6.07) is 13.5. The highest BCUT2D eigenvalue weighted by molar-refractivity contribution is 7.80. The van der Waals surface area contributed by atoms with Crippen LogP contribution in [-0.2, 0) is 9.59 Å². The van der Waals surface area contributed by atoms with Gasteiger partial charge < -0.3 is 15.2 Å². The first-order valence-corrected chi connectivity index (χ1v) is 8.21. The number of benzene rings is 2. The lowest BCUT2D eigenvalue weighted by Crippen LogP contribution is -2.37. The molecule has 0 heterocycles. The van der Waals surface area contributed by atoms with Crippen LogP contribution < -0.4 is 15.4 Å². The summed E-state index contributed by atoms with van der Waals surface area (Å²) in [5.74, 6) is -0.937. The number of carboxylic acid groups (broad SMARTS) is 1. The maximum absolute atomic E-state index is 11.9. The zero-order valence-electron chi connectivity index (χ0n) is 13.4. The molecule has 0 aliphatic heterocycles. The molecule has 0 aromatic heterocycles. The lowest BCUT2D eigenvalue weighted by molar-refractivity contribution is -0.131. The standard InChI is InChI=1S/C18H15ClN2O4S/c19-13-5-7-15(8-6-13)25-11-16(22)21-18(26)20-14-3-1-2-12(10-14)4-9-17(23)24/h1-10H,11H2,(H,23,24)(H2,20,21,22,26)/b9-4+. The van der Waals surface area contributed by atoms with E-state index in [2.05, 4.69) is 10.6 Å². The van der Waals surface area contributed by atoms with Gasteiger partial charge in [0.15, 0.2) is 11.7 Å². The predicted octanol–water partition coefficient (Wildman–Crippen LogP) is 3.33. The Morgan fingerprint density at radius 1 is 1.19 bits per heavy atom. The third-order valence-corrected chi connectivity index (χ3v) is 3.46. The van der Waals surface area contributed by atoms with E-state index < -0.39 is 11.9 Å². The second-order valence-corrected chi connectivity index (χ2v) is 5.89. The van der Waals surface area contributed by atoms with Gasteiger partial charge in [0.25, 0.3) is 5.91 Å². The number of rotatable bonds is 6. The molecule has 0 radical (unpaired) electrons. The summed E-state index contributed by atoms with van der Waals surface area (Å²) in [5.41, 5.74) is 1.29. The van der Waals surface area contributed by atoms with Crippen molar-refractivity contribution in [1.82, 2.24) is 5.32 Å². The number of hydrogen-bond donors (Lipinski definition) is 3. The van der Waals surface area contributed by atoms with Crippen molar-refractivity contribution in [1.29, 1.82) is 0 Å². The van der Waals surface area contributed by atoms with Crippen LogP contribution in [0.3, 0.4) is 0 Å². The Hall–Kier alpha value is -2.90. The molecular weight excluding hydrogens is 376 g/mol. The Balaban J connectivity index is 1.84. The predicted molar refractivity (Wildman–Crippen MR) is 104 cm³/mol. The van der Waals surface area contributed by atoms with Crippen LogP contribution in [0.15, 0.2) is 54.6 Å². The van der Waals surface area contributed by atoms with Gasteiger partial charge in [-0.3, -0.25) is 10.1 Å². The van der Waals surface area contributed by atoms with Crippen LogP contribution in [0.1, 0.15) is 5.56 Å². The van der Waals surface area contributed by atoms with Crippen molar-refractivity contribution in [3.8, 4) is 5.75 Å². The molecule has 0 saturated heterocycles. The summed E-state index contributed by atoms with van der Waals surface area (Å²) in [6.07, 6.45) is 2.49. The molecule has 3 N–H and O–H groups in total. The van der Waals surface area contributed by atoms with E-state index >= 15 is 0 Å². The van der Waals surface area contributed by atoms with E-state index in [4.69, 9.17) is 33.7 Å². The van der Waals surface area contributed by atoms with Gasteiger partial charge in [0.05, 0.1) is 0 Å². The molecule has 0 saturated carbocycles. The number of carbonyl (C=O) groups excluding carboxylic acids is 1. The van der Waals surface area contributed by atoms with Crippen LogP contribution in [0, 0.1) is 0 Å². The lowest BCUT2D eigenvalue weighted by atomic mass is 10.2. The molecule has 8 heteroatoms. The molecular formula is C18H15ClN2O4S. The number of hydrogen-bond acceptors (Lipinski definition) is 4. The average molecular weight is 391 g/mol. The molecule has 0 bridgehead atoms. The van der Waals surface area contributed by atoms with Crippen molar-refractivity contribution in [2.75, 3.05) is 11.9 Å². The van der Waals surface area contributed by atoms with E-state index in [1.165, 1.54) is 6.08 Å². The second-order valence-electron chi connectivity index (χ2n) is 5.04. The van der Waals surface area contributed by atoms with Crippen LogP contribution >= 0.6 is 23.8 Å². The zero-order valence-corrected chi connectivity index (χ0v) is 15.0. The number of carboxylic acids is 1. The van der Waals surface area contributed by atoms with Crippen molar-refractivity contribution >= 4 is 52.6 Å². The molecule has 0 fully saturated rings. The third-order valence-electron chi connectivity index (χ3n) is 3.00. The van der Waals surface area contributed by atoms with Crippen LogP contribution in [0.5, 0.6) is 5.75 Å². The number of halogens is 1. The van der Waals surface area contributed by atoms with Gasteiger partial charge in [-0.15, -0.1) is 0 Å². The minimum absolute atomic E-state index is 0.106. The Morgan fingerprint density at radius 3 is 2.62 bits per heavy atom. The number of aliphatic carboxylic acids is 1. The van der Waals surface area contributed by atoms with Gasteiger partial charge in [0.1, 0.15) is 5.75 Å². The fraction of sp³-hybridized carbons (Fsp3) is 0.0556. The number of carbonyl (C=O) groups is 2. The molecule has 0 atom stereocenters. The molecule has 2 aromatic carbocycles. The van der Waals surface area contributed by atoms with Gasteiger partial charge in [-0.2, -0.15) is 0 Å². The lowest BCUT2D eigenvalue weighted by Gasteiger charge is -2.11. The van der Waals surface area contributed by atoms with Crippen molar-refractivity contribution < 1.29 is 19.4 Å². The molecule has 0 aliphatic rings. The number of thiocarbonyl (C=S) groups is 1. The molecule has 26 heavy (non-hydrogen) atoms. The third kappa shape index (κ3) is 6.92. The van der Waals surface area contributed by atoms with Crippen molar-refractivity contribution in [2.24, 2.45) is 0 Å². The van der Waals surface area contributed by atoms with E-state index in [0.29, 0.717) is 22.0 Å². The Labute approximate surface area is 160 Å². The van der Waals surface area contributed by atoms with Gasteiger partial charge in [-0.1, -0.05) is 23.7 Å². The highest BCUT2D eigenvalue weighted by Gasteiger charge is 2.06. The van der Waals surface area contributed by atoms with Gasteiger partial charge in [-0.25, -0.2) is 4.79 Å². The van der Waals surface area contributed by atoms with E-state index in [1.54, 1.807) is 48.5 Å². The molecule has 0 unspecified atom stereocenters. The zero-order chi connectivity index (χ0) is 18.9. The van der Waals surface area contributed by atoms with E-state index in [-0.39, 0.29) is 11.7 Å². The molecule has 2 aromatic rings. The quantitative estimate of drug-likeness (QED) is 0.518. The first-order chi connectivity index (χ1) is 12.4. The minimum atomic E-state index is -1.04. The summed E-state index contributed by atoms with van der Waals surface area (Å²) < 4.78 is 5.32. The summed E-state index contributed by atoms with van der Waals surface area (Å²) >= 11 is 10.9. The average Bonchev–Trinajstić information content (AvgIpc) is 2.59. The highest BCUT2D eigenvalue weighted by Crippen LogP contribution is 2.15. The molecule has 1 amide bonds. The van der Waals surface area contributed by atoms with Crippen LogP contribution in [0.25, 0.3) is 6.08 Å². The van der Waals surface area contributed by atoms with Crippen molar-refractivity contribution in [3.63, 3.8) is 0 Å². The van der Waals surface area contributed by atoms with Crippen LogP contribution in [0.4, 0.5) is 5.69 Å². The van der Waals surface area contributed by atoms with Gasteiger partial charge >= 0.3 is 5.97 Å². The topological polar surface area (TPSA) is 87.7 Å². The number of amides is 1. The minimum Gasteiger partial charge on any atom is -0.484 e.